The van der Waals surface area contributed by atoms with Crippen molar-refractivity contribution in [3.05, 3.63) is 35.9 Å². The molecule has 2 N–H and O–H groups in total. The predicted molar refractivity (Wildman–Crippen MR) is 102 cm³/mol. The van der Waals surface area contributed by atoms with Gasteiger partial charge in [0.15, 0.2) is 0 Å². The Hall–Kier alpha value is -2.08. The van der Waals surface area contributed by atoms with Gasteiger partial charge in [0.2, 0.25) is 0 Å². The molecule has 2 fully saturated rings. The van der Waals surface area contributed by atoms with Gasteiger partial charge in [-0.3, -0.25) is 10.2 Å². The van der Waals surface area contributed by atoms with Crippen LogP contribution in [0, 0.1) is 0 Å². The molecule has 4 amide bonds. The Morgan fingerprint density at radius 1 is 1.04 bits per heavy atom. The fraction of sp³-hybridized carbons (Fsp3) is 0.600. The Morgan fingerprint density at radius 3 is 2.27 bits per heavy atom. The second-order valence-electron chi connectivity index (χ2n) is 8.64. The number of amides is 4. The van der Waals surface area contributed by atoms with Crippen molar-refractivity contribution in [1.29, 1.82) is 0 Å². The second kappa shape index (κ2) is 6.91. The van der Waals surface area contributed by atoms with Gasteiger partial charge in [0.05, 0.1) is 0 Å². The van der Waals surface area contributed by atoms with Crippen molar-refractivity contribution in [2.24, 2.45) is 0 Å². The number of nitrogens with one attached hydrogen (secondary N) is 2. The SMILES string of the molecule is CC1(C)CC(N2CCNC(=O)NC2=O)CC(C)(C)N1Cc1ccccc1. The molecule has 1 aromatic rings. The molecule has 26 heavy (non-hydrogen) atoms. The van der Waals surface area contributed by atoms with Gasteiger partial charge < -0.3 is 10.2 Å². The van der Waals surface area contributed by atoms with Crippen LogP contribution >= 0.6 is 0 Å². The third-order valence-corrected chi connectivity index (χ3v) is 5.68. The molecule has 1 aromatic carbocycles. The van der Waals surface area contributed by atoms with Crippen molar-refractivity contribution in [1.82, 2.24) is 20.4 Å². The van der Waals surface area contributed by atoms with Gasteiger partial charge in [0.25, 0.3) is 0 Å². The third kappa shape index (κ3) is 3.85. The number of piperidine rings is 1. The van der Waals surface area contributed by atoms with Crippen molar-refractivity contribution in [3.63, 3.8) is 0 Å². The Morgan fingerprint density at radius 2 is 1.65 bits per heavy atom. The number of urea groups is 2. The second-order valence-corrected chi connectivity index (χ2v) is 8.64. The van der Waals surface area contributed by atoms with Gasteiger partial charge in [-0.15, -0.1) is 0 Å². The van der Waals surface area contributed by atoms with Gasteiger partial charge in [0.1, 0.15) is 0 Å². The highest BCUT2D eigenvalue weighted by molar-refractivity contribution is 5.94. The molecule has 2 heterocycles. The average molecular weight is 358 g/mol. The summed E-state index contributed by atoms with van der Waals surface area (Å²) in [5, 5.41) is 5.12. The van der Waals surface area contributed by atoms with Gasteiger partial charge in [0, 0.05) is 36.8 Å². The lowest BCUT2D eigenvalue weighted by Crippen LogP contribution is -2.64. The predicted octanol–water partition coefficient (Wildman–Crippen LogP) is 2.94. The number of hydrogen-bond donors (Lipinski definition) is 2. The van der Waals surface area contributed by atoms with Gasteiger partial charge in [-0.2, -0.15) is 0 Å². The van der Waals surface area contributed by atoms with E-state index in [1.807, 2.05) is 11.0 Å². The van der Waals surface area contributed by atoms with E-state index in [1.54, 1.807) is 0 Å². The van der Waals surface area contributed by atoms with Crippen molar-refractivity contribution >= 4 is 12.1 Å². The van der Waals surface area contributed by atoms with Crippen LogP contribution in [0.5, 0.6) is 0 Å². The number of nitrogens with zero attached hydrogens (tertiary/aromatic N) is 2. The molecule has 0 aromatic heterocycles. The molecule has 0 bridgehead atoms. The summed E-state index contributed by atoms with van der Waals surface area (Å²) >= 11 is 0. The van der Waals surface area contributed by atoms with E-state index in [4.69, 9.17) is 0 Å². The van der Waals surface area contributed by atoms with Crippen molar-refractivity contribution < 1.29 is 9.59 Å². The summed E-state index contributed by atoms with van der Waals surface area (Å²) < 4.78 is 0. The summed E-state index contributed by atoms with van der Waals surface area (Å²) in [5.74, 6) is 0. The van der Waals surface area contributed by atoms with Crippen molar-refractivity contribution in [2.45, 2.75) is 64.2 Å². The molecule has 2 saturated heterocycles. The van der Waals surface area contributed by atoms with E-state index in [-0.39, 0.29) is 23.2 Å². The summed E-state index contributed by atoms with van der Waals surface area (Å²) in [7, 11) is 0. The standard InChI is InChI=1S/C20H30N4O2/c1-19(2)12-16(23-11-10-21-17(25)22-18(23)26)13-20(3,4)24(19)14-15-8-6-5-7-9-15/h5-9,16H,10-14H2,1-4H3,(H2,21,22,25,26). The number of carbonyl (C=O) groups excluding carboxylic acids is 2. The third-order valence-electron chi connectivity index (χ3n) is 5.68. The van der Waals surface area contributed by atoms with E-state index in [1.165, 1.54) is 5.56 Å². The molecule has 0 aliphatic carbocycles. The molecule has 3 rings (SSSR count). The van der Waals surface area contributed by atoms with E-state index in [9.17, 15) is 9.59 Å². The lowest BCUT2D eigenvalue weighted by atomic mass is 9.76. The molecule has 2 aliphatic rings. The van der Waals surface area contributed by atoms with Crippen LogP contribution in [0.1, 0.15) is 46.1 Å². The molecule has 0 radical (unpaired) electrons. The molecule has 0 saturated carbocycles. The van der Waals surface area contributed by atoms with E-state index in [2.05, 4.69) is 67.5 Å². The molecule has 0 unspecified atom stereocenters. The van der Waals surface area contributed by atoms with Crippen LogP contribution < -0.4 is 10.6 Å². The van der Waals surface area contributed by atoms with Gasteiger partial charge in [-0.25, -0.2) is 9.59 Å². The largest absolute Gasteiger partial charge is 0.336 e. The van der Waals surface area contributed by atoms with Crippen LogP contribution in [0.3, 0.4) is 0 Å². The van der Waals surface area contributed by atoms with E-state index >= 15 is 0 Å². The quantitative estimate of drug-likeness (QED) is 0.873. The molecule has 0 atom stereocenters. The summed E-state index contributed by atoms with van der Waals surface area (Å²) in [6, 6.07) is 9.95. The van der Waals surface area contributed by atoms with Crippen molar-refractivity contribution in [3.8, 4) is 0 Å². The minimum absolute atomic E-state index is 0.0632. The molecular weight excluding hydrogens is 328 g/mol. The number of carbonyl (C=O) groups is 2. The van der Waals surface area contributed by atoms with Crippen LogP contribution in [0.15, 0.2) is 30.3 Å². The summed E-state index contributed by atoms with van der Waals surface area (Å²) in [6.45, 7) is 10.9. The van der Waals surface area contributed by atoms with Gasteiger partial charge >= 0.3 is 12.1 Å². The lowest BCUT2D eigenvalue weighted by Gasteiger charge is -2.57. The average Bonchev–Trinajstić information content (AvgIpc) is 2.71. The molecule has 6 nitrogen and oxygen atoms in total. The minimum Gasteiger partial charge on any atom is -0.336 e. The zero-order valence-electron chi connectivity index (χ0n) is 16.2. The Bertz CT molecular complexity index is 654. The fourth-order valence-electron chi connectivity index (χ4n) is 4.63. The first kappa shape index (κ1) is 18.7. The maximum atomic E-state index is 12.5. The molecule has 142 valence electrons. The first-order valence-corrected chi connectivity index (χ1v) is 9.36. The lowest BCUT2D eigenvalue weighted by molar-refractivity contribution is -0.0635. The Balaban J connectivity index is 1.80. The highest BCUT2D eigenvalue weighted by atomic mass is 16.2. The highest BCUT2D eigenvalue weighted by Gasteiger charge is 2.47. The van der Waals surface area contributed by atoms with Crippen LogP contribution in [0.4, 0.5) is 9.59 Å². The number of likely N-dealkylation sites (tertiary alicyclic amines) is 1. The zero-order valence-corrected chi connectivity index (χ0v) is 16.2. The molecule has 0 spiro atoms. The Kier molecular flexibility index (Phi) is 4.97. The van der Waals surface area contributed by atoms with E-state index < -0.39 is 6.03 Å². The van der Waals surface area contributed by atoms with Crippen LogP contribution in [-0.2, 0) is 6.54 Å². The number of hydrogen-bond acceptors (Lipinski definition) is 3. The van der Waals surface area contributed by atoms with Crippen LogP contribution in [0.25, 0.3) is 0 Å². The number of rotatable bonds is 3. The highest BCUT2D eigenvalue weighted by Crippen LogP contribution is 2.41. The normalized spacial score (nSPS) is 23.9. The monoisotopic (exact) mass is 358 g/mol. The topological polar surface area (TPSA) is 64.7 Å². The molecule has 2 aliphatic heterocycles. The summed E-state index contributed by atoms with van der Waals surface area (Å²) in [6.07, 6.45) is 1.76. The smallest absolute Gasteiger partial charge is 0.325 e. The van der Waals surface area contributed by atoms with E-state index in [0.29, 0.717) is 13.1 Å². The fourth-order valence-corrected chi connectivity index (χ4v) is 4.63. The Labute approximate surface area is 155 Å². The first-order valence-electron chi connectivity index (χ1n) is 9.36. The summed E-state index contributed by atoms with van der Waals surface area (Å²) in [4.78, 5) is 28.4. The van der Waals surface area contributed by atoms with E-state index in [0.717, 1.165) is 19.4 Å². The minimum atomic E-state index is -0.405. The maximum absolute atomic E-state index is 12.5. The number of benzene rings is 1. The maximum Gasteiger partial charge on any atom is 0.325 e. The van der Waals surface area contributed by atoms with Crippen molar-refractivity contribution in [2.75, 3.05) is 13.1 Å². The first-order chi connectivity index (χ1) is 12.2. The zero-order chi connectivity index (χ0) is 18.9. The number of imide groups is 1. The van der Waals surface area contributed by atoms with Crippen LogP contribution in [-0.4, -0.2) is 52.1 Å². The van der Waals surface area contributed by atoms with Crippen LogP contribution in [0.2, 0.25) is 0 Å². The molecule has 6 heteroatoms. The van der Waals surface area contributed by atoms with Gasteiger partial charge in [-0.05, 0) is 46.1 Å². The summed E-state index contributed by atoms with van der Waals surface area (Å²) in [5.41, 5.74) is 1.17. The van der Waals surface area contributed by atoms with Gasteiger partial charge in [-0.1, -0.05) is 30.3 Å². The molecular formula is C20H30N4O2.